The first-order chi connectivity index (χ1) is 15.4. The van der Waals surface area contributed by atoms with Gasteiger partial charge in [0.1, 0.15) is 0 Å². The Morgan fingerprint density at radius 3 is 1.56 bits per heavy atom. The van der Waals surface area contributed by atoms with Crippen LogP contribution in [0.1, 0.15) is 24.0 Å². The van der Waals surface area contributed by atoms with Crippen LogP contribution in [0.15, 0.2) is 46.4 Å². The van der Waals surface area contributed by atoms with E-state index >= 15 is 0 Å². The SMILES string of the molecule is Cc1ccc(NC(=O)OCCCCOC(=O)Nc2ccc(C)c(N=C=O)c2)cc1N=C=O. The maximum Gasteiger partial charge on any atom is 0.411 e. The van der Waals surface area contributed by atoms with Crippen molar-refractivity contribution in [3.8, 4) is 0 Å². The quantitative estimate of drug-likeness (QED) is 0.327. The van der Waals surface area contributed by atoms with Gasteiger partial charge in [0, 0.05) is 11.4 Å². The molecular weight excluding hydrogens is 416 g/mol. The van der Waals surface area contributed by atoms with Crippen molar-refractivity contribution in [1.82, 2.24) is 0 Å². The van der Waals surface area contributed by atoms with E-state index in [1.165, 1.54) is 24.3 Å². The highest BCUT2D eigenvalue weighted by atomic mass is 16.6. The lowest BCUT2D eigenvalue weighted by atomic mass is 10.2. The summed E-state index contributed by atoms with van der Waals surface area (Å²) in [5.41, 5.74) is 3.24. The second-order valence-electron chi connectivity index (χ2n) is 6.64. The van der Waals surface area contributed by atoms with Crippen molar-refractivity contribution in [2.45, 2.75) is 26.7 Å². The molecule has 0 unspecified atom stereocenters. The van der Waals surface area contributed by atoms with Crippen molar-refractivity contribution in [3.63, 3.8) is 0 Å². The van der Waals surface area contributed by atoms with E-state index in [0.29, 0.717) is 35.6 Å². The molecule has 0 aliphatic heterocycles. The highest BCUT2D eigenvalue weighted by Gasteiger charge is 2.07. The summed E-state index contributed by atoms with van der Waals surface area (Å²) in [5, 5.41) is 5.09. The Morgan fingerprint density at radius 1 is 0.781 bits per heavy atom. The van der Waals surface area contributed by atoms with Gasteiger partial charge in [-0.15, -0.1) is 0 Å². The number of hydrogen-bond acceptors (Lipinski definition) is 8. The summed E-state index contributed by atoms with van der Waals surface area (Å²) >= 11 is 0. The zero-order valence-corrected chi connectivity index (χ0v) is 17.6. The molecule has 2 aromatic carbocycles. The highest BCUT2D eigenvalue weighted by Crippen LogP contribution is 2.23. The molecule has 0 aliphatic carbocycles. The number of amides is 2. The number of hydrogen-bond donors (Lipinski definition) is 2. The molecular formula is C22H22N4O6. The van der Waals surface area contributed by atoms with Crippen molar-refractivity contribution in [3.05, 3.63) is 47.5 Å². The molecule has 0 spiro atoms. The third-order valence-corrected chi connectivity index (χ3v) is 4.25. The smallest absolute Gasteiger partial charge is 0.411 e. The fraction of sp³-hybridized carbons (Fsp3) is 0.273. The number of carbonyl (C=O) groups excluding carboxylic acids is 4. The minimum Gasteiger partial charge on any atom is -0.449 e. The molecule has 0 bridgehead atoms. The van der Waals surface area contributed by atoms with E-state index in [1.807, 2.05) is 0 Å². The Morgan fingerprint density at radius 2 is 1.19 bits per heavy atom. The second kappa shape index (κ2) is 12.4. The maximum absolute atomic E-state index is 11.8. The molecule has 0 heterocycles. The molecule has 10 heteroatoms. The normalized spacial score (nSPS) is 9.69. The van der Waals surface area contributed by atoms with Gasteiger partial charge in [-0.05, 0) is 62.1 Å². The van der Waals surface area contributed by atoms with Crippen molar-refractivity contribution < 1.29 is 28.7 Å². The van der Waals surface area contributed by atoms with Crippen LogP contribution in [-0.2, 0) is 19.1 Å². The van der Waals surface area contributed by atoms with Crippen LogP contribution < -0.4 is 10.6 Å². The standard InChI is InChI=1S/C22H22N4O6/c1-15-5-7-17(11-19(15)23-13-27)25-21(29)31-9-3-4-10-32-22(30)26-18-8-6-16(2)20(12-18)24-14-28/h5-8,11-12H,3-4,9-10H2,1-2H3,(H,25,29)(H,26,30). The number of isocyanates is 2. The fourth-order valence-corrected chi connectivity index (χ4v) is 2.56. The van der Waals surface area contributed by atoms with E-state index < -0.39 is 12.2 Å². The molecule has 2 rings (SSSR count). The number of nitrogens with zero attached hydrogens (tertiary/aromatic N) is 2. The third-order valence-electron chi connectivity index (χ3n) is 4.25. The summed E-state index contributed by atoms with van der Waals surface area (Å²) in [4.78, 5) is 51.6. The van der Waals surface area contributed by atoms with E-state index in [9.17, 15) is 19.2 Å². The summed E-state index contributed by atoms with van der Waals surface area (Å²) in [6, 6.07) is 9.82. The van der Waals surface area contributed by atoms with Crippen molar-refractivity contribution in [2.75, 3.05) is 23.8 Å². The Hall–Kier alpha value is -4.26. The number of aliphatic imine (C=N–C) groups is 2. The molecule has 0 fully saturated rings. The molecule has 0 atom stereocenters. The first kappa shape index (κ1) is 24.0. The molecule has 0 radical (unpaired) electrons. The summed E-state index contributed by atoms with van der Waals surface area (Å²) in [6.07, 6.45) is 2.59. The lowest BCUT2D eigenvalue weighted by molar-refractivity contribution is 0.143. The molecule has 2 aromatic rings. The number of carbonyl (C=O) groups is 2. The van der Waals surface area contributed by atoms with Crippen LogP contribution in [0, 0.1) is 13.8 Å². The van der Waals surface area contributed by atoms with E-state index in [1.54, 1.807) is 38.1 Å². The van der Waals surface area contributed by atoms with Gasteiger partial charge < -0.3 is 9.47 Å². The summed E-state index contributed by atoms with van der Waals surface area (Å²) in [6.45, 7) is 3.82. The Bertz CT molecular complexity index is 987. The zero-order chi connectivity index (χ0) is 23.3. The monoisotopic (exact) mass is 438 g/mol. The number of anilines is 2. The number of ether oxygens (including phenoxy) is 2. The number of unbranched alkanes of at least 4 members (excludes halogenated alkanes) is 1. The summed E-state index contributed by atoms with van der Waals surface area (Å²) < 4.78 is 10.1. The van der Waals surface area contributed by atoms with E-state index in [-0.39, 0.29) is 13.2 Å². The van der Waals surface area contributed by atoms with Crippen molar-refractivity contribution >= 4 is 47.1 Å². The molecule has 2 N–H and O–H groups in total. The lowest BCUT2D eigenvalue weighted by Crippen LogP contribution is -2.16. The minimum atomic E-state index is -0.651. The Kier molecular flexibility index (Phi) is 9.33. The van der Waals surface area contributed by atoms with Gasteiger partial charge in [0.15, 0.2) is 0 Å². The van der Waals surface area contributed by atoms with Crippen LogP contribution in [0.25, 0.3) is 0 Å². The van der Waals surface area contributed by atoms with Crippen LogP contribution in [0.4, 0.5) is 32.3 Å². The highest BCUT2D eigenvalue weighted by molar-refractivity contribution is 5.86. The van der Waals surface area contributed by atoms with Gasteiger partial charge in [-0.1, -0.05) is 12.1 Å². The van der Waals surface area contributed by atoms with Gasteiger partial charge in [-0.25, -0.2) is 19.2 Å². The van der Waals surface area contributed by atoms with Crippen molar-refractivity contribution in [1.29, 1.82) is 0 Å². The summed E-state index contributed by atoms with van der Waals surface area (Å²) in [7, 11) is 0. The van der Waals surface area contributed by atoms with Crippen molar-refractivity contribution in [2.24, 2.45) is 9.98 Å². The maximum atomic E-state index is 11.8. The lowest BCUT2D eigenvalue weighted by Gasteiger charge is -2.09. The van der Waals surface area contributed by atoms with Gasteiger partial charge >= 0.3 is 12.2 Å². The molecule has 10 nitrogen and oxygen atoms in total. The second-order valence-corrected chi connectivity index (χ2v) is 6.64. The number of nitrogens with one attached hydrogen (secondary N) is 2. The predicted octanol–water partition coefficient (Wildman–Crippen LogP) is 4.82. The van der Waals surface area contributed by atoms with Crippen LogP contribution in [0.5, 0.6) is 0 Å². The van der Waals surface area contributed by atoms with Gasteiger partial charge in [0.25, 0.3) is 0 Å². The van der Waals surface area contributed by atoms with Gasteiger partial charge in [-0.2, -0.15) is 9.98 Å². The van der Waals surface area contributed by atoms with Crippen LogP contribution >= 0.6 is 0 Å². The van der Waals surface area contributed by atoms with Gasteiger partial charge in [-0.3, -0.25) is 10.6 Å². The minimum absolute atomic E-state index is 0.132. The number of rotatable bonds is 9. The molecule has 0 aromatic heterocycles. The van der Waals surface area contributed by atoms with E-state index in [0.717, 1.165) is 11.1 Å². The molecule has 0 saturated heterocycles. The predicted molar refractivity (Wildman–Crippen MR) is 117 cm³/mol. The number of benzene rings is 2. The molecule has 166 valence electrons. The largest absolute Gasteiger partial charge is 0.449 e. The zero-order valence-electron chi connectivity index (χ0n) is 17.6. The van der Waals surface area contributed by atoms with E-state index in [4.69, 9.17) is 9.47 Å². The molecule has 0 saturated carbocycles. The van der Waals surface area contributed by atoms with Gasteiger partial charge in [0.2, 0.25) is 12.2 Å². The first-order valence-electron chi connectivity index (χ1n) is 9.67. The summed E-state index contributed by atoms with van der Waals surface area (Å²) in [5.74, 6) is 0. The fourth-order valence-electron chi connectivity index (χ4n) is 2.56. The topological polar surface area (TPSA) is 136 Å². The Labute approximate surface area is 184 Å². The average Bonchev–Trinajstić information content (AvgIpc) is 2.75. The van der Waals surface area contributed by atoms with Gasteiger partial charge in [0.05, 0.1) is 24.6 Å². The Balaban J connectivity index is 1.66. The number of aryl methyl sites for hydroxylation is 2. The van der Waals surface area contributed by atoms with Crippen LogP contribution in [-0.4, -0.2) is 37.6 Å². The third kappa shape index (κ3) is 7.87. The molecule has 32 heavy (non-hydrogen) atoms. The van der Waals surface area contributed by atoms with Crippen LogP contribution in [0.2, 0.25) is 0 Å². The van der Waals surface area contributed by atoms with E-state index in [2.05, 4.69) is 20.6 Å². The molecule has 0 aliphatic rings. The van der Waals surface area contributed by atoms with Crippen LogP contribution in [0.3, 0.4) is 0 Å². The average molecular weight is 438 g/mol. The first-order valence-corrected chi connectivity index (χ1v) is 9.67. The molecule has 2 amide bonds.